The first kappa shape index (κ1) is 12.5. The van der Waals surface area contributed by atoms with Gasteiger partial charge in [-0.2, -0.15) is 0 Å². The molecule has 0 fully saturated rings. The van der Waals surface area contributed by atoms with Crippen LogP contribution < -0.4 is 5.56 Å². The second-order valence-electron chi connectivity index (χ2n) is 5.01. The molecule has 0 aliphatic rings. The molecule has 6 nitrogen and oxygen atoms in total. The van der Waals surface area contributed by atoms with E-state index in [1.807, 2.05) is 18.2 Å². The van der Waals surface area contributed by atoms with Crippen molar-refractivity contribution >= 4 is 38.4 Å². The topological polar surface area (TPSA) is 88.9 Å². The Bertz CT molecular complexity index is 1130. The molecule has 2 heterocycles. The Hall–Kier alpha value is -3.28. The number of fused-ring (bicyclic) bond motifs is 5. The Morgan fingerprint density at radius 1 is 1.00 bits per heavy atom. The van der Waals surface area contributed by atoms with Crippen LogP contribution in [0.25, 0.3) is 32.7 Å². The van der Waals surface area contributed by atoms with E-state index < -0.39 is 4.92 Å². The standard InChI is InChI=1S/C16H9N3O3/c20-15-8-12-11-7-9(19(21)22)5-6-14(11)18-16(12)10-3-1-2-4-13(10)17-15/h1-8,18H. The van der Waals surface area contributed by atoms with Crippen LogP contribution in [-0.4, -0.2) is 14.9 Å². The fraction of sp³-hybridized carbons (Fsp3) is 0. The Morgan fingerprint density at radius 3 is 2.64 bits per heavy atom. The van der Waals surface area contributed by atoms with E-state index in [4.69, 9.17) is 0 Å². The van der Waals surface area contributed by atoms with Gasteiger partial charge in [0.05, 0.1) is 16.0 Å². The number of rotatable bonds is 1. The third-order valence-electron chi connectivity index (χ3n) is 3.70. The first-order valence-corrected chi connectivity index (χ1v) is 6.63. The molecule has 2 aromatic carbocycles. The highest BCUT2D eigenvalue weighted by Crippen LogP contribution is 2.30. The number of nitro groups is 1. The highest BCUT2D eigenvalue weighted by Gasteiger charge is 2.12. The van der Waals surface area contributed by atoms with Gasteiger partial charge in [0.2, 0.25) is 0 Å². The van der Waals surface area contributed by atoms with Crippen LogP contribution >= 0.6 is 0 Å². The number of nitro benzene ring substituents is 1. The van der Waals surface area contributed by atoms with Gasteiger partial charge >= 0.3 is 0 Å². The molecule has 0 spiro atoms. The predicted molar refractivity (Wildman–Crippen MR) is 84.0 cm³/mol. The number of benzene rings is 2. The van der Waals surface area contributed by atoms with Gasteiger partial charge in [0.1, 0.15) is 0 Å². The van der Waals surface area contributed by atoms with Gasteiger partial charge in [0.15, 0.2) is 0 Å². The van der Waals surface area contributed by atoms with E-state index in [-0.39, 0.29) is 11.2 Å². The largest absolute Gasteiger partial charge is 0.354 e. The van der Waals surface area contributed by atoms with Gasteiger partial charge in [-0.1, -0.05) is 18.2 Å². The normalized spacial score (nSPS) is 11.3. The molecular formula is C16H9N3O3. The lowest BCUT2D eigenvalue weighted by atomic mass is 10.1. The van der Waals surface area contributed by atoms with Crippen molar-refractivity contribution in [3.8, 4) is 0 Å². The average molecular weight is 291 g/mol. The van der Waals surface area contributed by atoms with Crippen molar-refractivity contribution in [1.82, 2.24) is 9.97 Å². The number of nitrogens with zero attached hydrogens (tertiary/aromatic N) is 2. The smallest absolute Gasteiger partial charge is 0.270 e. The number of H-pyrrole nitrogens is 1. The molecule has 0 radical (unpaired) electrons. The lowest BCUT2D eigenvalue weighted by Gasteiger charge is -1.91. The van der Waals surface area contributed by atoms with Gasteiger partial charge in [-0.15, -0.1) is 0 Å². The summed E-state index contributed by atoms with van der Waals surface area (Å²) >= 11 is 0. The van der Waals surface area contributed by atoms with Gasteiger partial charge < -0.3 is 4.98 Å². The second kappa shape index (κ2) is 4.36. The van der Waals surface area contributed by atoms with Crippen LogP contribution in [0.15, 0.2) is 53.3 Å². The van der Waals surface area contributed by atoms with Crippen molar-refractivity contribution in [2.75, 3.05) is 0 Å². The van der Waals surface area contributed by atoms with Gasteiger partial charge in [-0.3, -0.25) is 14.9 Å². The summed E-state index contributed by atoms with van der Waals surface area (Å²) in [7, 11) is 0. The number of hydrogen-bond donors (Lipinski definition) is 1. The van der Waals surface area contributed by atoms with E-state index in [0.29, 0.717) is 16.3 Å². The minimum absolute atomic E-state index is 0.00961. The monoisotopic (exact) mass is 291 g/mol. The Labute approximate surface area is 123 Å². The molecular weight excluding hydrogens is 282 g/mol. The molecule has 0 aliphatic heterocycles. The number of aromatic amines is 1. The molecule has 0 saturated heterocycles. The van der Waals surface area contributed by atoms with Gasteiger partial charge in [0, 0.05) is 39.9 Å². The third-order valence-corrected chi connectivity index (χ3v) is 3.70. The fourth-order valence-electron chi connectivity index (χ4n) is 2.73. The average Bonchev–Trinajstić information content (AvgIpc) is 2.78. The van der Waals surface area contributed by atoms with Crippen LogP contribution in [0.5, 0.6) is 0 Å². The number of aromatic nitrogens is 2. The zero-order valence-corrected chi connectivity index (χ0v) is 11.2. The van der Waals surface area contributed by atoms with Crippen LogP contribution in [0.2, 0.25) is 0 Å². The van der Waals surface area contributed by atoms with Crippen LogP contribution in [0.1, 0.15) is 0 Å². The van der Waals surface area contributed by atoms with Gasteiger partial charge in [-0.25, -0.2) is 4.98 Å². The first-order chi connectivity index (χ1) is 10.6. The van der Waals surface area contributed by atoms with E-state index in [1.54, 1.807) is 12.1 Å². The maximum absolute atomic E-state index is 12.0. The van der Waals surface area contributed by atoms with E-state index in [9.17, 15) is 14.9 Å². The molecule has 4 aromatic rings. The van der Waals surface area contributed by atoms with E-state index in [1.165, 1.54) is 18.2 Å². The molecule has 0 atom stereocenters. The maximum Gasteiger partial charge on any atom is 0.270 e. The van der Waals surface area contributed by atoms with E-state index in [0.717, 1.165) is 16.4 Å². The maximum atomic E-state index is 12.0. The number of nitrogens with one attached hydrogen (secondary N) is 1. The van der Waals surface area contributed by atoms with Crippen molar-refractivity contribution < 1.29 is 4.92 Å². The second-order valence-corrected chi connectivity index (χ2v) is 5.01. The Morgan fingerprint density at radius 2 is 1.82 bits per heavy atom. The lowest BCUT2D eigenvalue weighted by molar-refractivity contribution is -0.384. The summed E-state index contributed by atoms with van der Waals surface area (Å²) in [5.74, 6) is 0. The summed E-state index contributed by atoms with van der Waals surface area (Å²) < 4.78 is 0. The molecule has 0 unspecified atom stereocenters. The summed E-state index contributed by atoms with van der Waals surface area (Å²) in [4.78, 5) is 29.8. The van der Waals surface area contributed by atoms with Crippen molar-refractivity contribution in [3.63, 3.8) is 0 Å². The molecule has 2 aromatic heterocycles. The molecule has 6 heteroatoms. The van der Waals surface area contributed by atoms with Crippen LogP contribution in [0.3, 0.4) is 0 Å². The molecule has 4 rings (SSSR count). The minimum Gasteiger partial charge on any atom is -0.354 e. The molecule has 0 amide bonds. The summed E-state index contributed by atoms with van der Waals surface area (Å²) in [6, 6.07) is 13.3. The highest BCUT2D eigenvalue weighted by atomic mass is 16.6. The Balaban J connectivity index is 2.29. The van der Waals surface area contributed by atoms with Crippen LogP contribution in [0.4, 0.5) is 5.69 Å². The zero-order valence-electron chi connectivity index (χ0n) is 11.2. The highest BCUT2D eigenvalue weighted by molar-refractivity contribution is 6.15. The summed E-state index contributed by atoms with van der Waals surface area (Å²) in [5.41, 5.74) is 1.70. The first-order valence-electron chi connectivity index (χ1n) is 6.63. The van der Waals surface area contributed by atoms with Crippen molar-refractivity contribution in [2.45, 2.75) is 0 Å². The number of non-ortho nitro benzene ring substituents is 1. The SMILES string of the molecule is O=c1cc2c3cc([N+](=O)[O-])ccc3[nH]c2c2ccccc2n1. The van der Waals surface area contributed by atoms with Gasteiger partial charge in [0.25, 0.3) is 11.2 Å². The molecule has 0 bridgehead atoms. The summed E-state index contributed by atoms with van der Waals surface area (Å²) in [6.07, 6.45) is 0. The van der Waals surface area contributed by atoms with E-state index >= 15 is 0 Å². The van der Waals surface area contributed by atoms with Crippen molar-refractivity contribution in [2.24, 2.45) is 0 Å². The third kappa shape index (κ3) is 1.74. The minimum atomic E-state index is -0.449. The molecule has 1 N–H and O–H groups in total. The van der Waals surface area contributed by atoms with Crippen molar-refractivity contribution in [3.05, 3.63) is 69.0 Å². The number of hydrogen-bond acceptors (Lipinski definition) is 4. The summed E-state index contributed by atoms with van der Waals surface area (Å²) in [5, 5.41) is 13.0. The Kier molecular flexibility index (Phi) is 2.47. The van der Waals surface area contributed by atoms with Crippen molar-refractivity contribution in [1.29, 1.82) is 0 Å². The predicted octanol–water partition coefficient (Wildman–Crippen LogP) is 3.14. The zero-order chi connectivity index (χ0) is 15.3. The summed E-state index contributed by atoms with van der Waals surface area (Å²) in [6.45, 7) is 0. The molecule has 22 heavy (non-hydrogen) atoms. The molecule has 0 aliphatic carbocycles. The van der Waals surface area contributed by atoms with E-state index in [2.05, 4.69) is 9.97 Å². The molecule has 0 saturated carbocycles. The number of para-hydroxylation sites is 1. The quantitative estimate of drug-likeness (QED) is 0.431. The molecule has 106 valence electrons. The van der Waals surface area contributed by atoms with Gasteiger partial charge in [-0.05, 0) is 12.1 Å². The van der Waals surface area contributed by atoms with Crippen LogP contribution in [-0.2, 0) is 0 Å². The lowest BCUT2D eigenvalue weighted by Crippen LogP contribution is -1.98. The van der Waals surface area contributed by atoms with Crippen LogP contribution in [0, 0.1) is 10.1 Å². The fourth-order valence-corrected chi connectivity index (χ4v) is 2.73.